The number of halogens is 1. The number of fused-ring (bicyclic) bond motifs is 1. The van der Waals surface area contributed by atoms with Crippen LogP contribution in [0.25, 0.3) is 10.2 Å². The average Bonchev–Trinajstić information content (AvgIpc) is 3.12. The molecule has 0 spiro atoms. The van der Waals surface area contributed by atoms with E-state index < -0.39 is 0 Å². The van der Waals surface area contributed by atoms with Gasteiger partial charge in [-0.05, 0) is 36.8 Å². The molecular weight excluding hydrogens is 387 g/mol. The number of amides is 1. The Labute approximate surface area is 173 Å². The third-order valence-corrected chi connectivity index (χ3v) is 6.90. The van der Waals surface area contributed by atoms with Crippen LogP contribution in [0.5, 0.6) is 0 Å². The number of aryl methyl sites for hydroxylation is 1. The summed E-state index contributed by atoms with van der Waals surface area (Å²) in [6.45, 7) is 6.68. The summed E-state index contributed by atoms with van der Waals surface area (Å²) >= 11 is 1.49. The summed E-state index contributed by atoms with van der Waals surface area (Å²) in [4.78, 5) is 23.7. The highest BCUT2D eigenvalue weighted by atomic mass is 32.1. The number of carbonyl (C=O) groups excluding carboxylic acids is 1. The molecule has 0 radical (unpaired) electrons. The molecule has 2 aromatic carbocycles. The van der Waals surface area contributed by atoms with Crippen molar-refractivity contribution in [3.05, 3.63) is 53.8 Å². The second-order valence-electron chi connectivity index (χ2n) is 7.84. The van der Waals surface area contributed by atoms with Crippen LogP contribution >= 0.6 is 11.3 Å². The Hall–Kier alpha value is -2.67. The van der Waals surface area contributed by atoms with Gasteiger partial charge in [0.05, 0.1) is 10.6 Å². The van der Waals surface area contributed by atoms with Gasteiger partial charge in [-0.15, -0.1) is 0 Å². The molecule has 29 heavy (non-hydrogen) atoms. The van der Waals surface area contributed by atoms with Gasteiger partial charge in [0.15, 0.2) is 5.13 Å². The Bertz CT molecular complexity index is 1050. The number of piperazine rings is 1. The van der Waals surface area contributed by atoms with Gasteiger partial charge in [-0.1, -0.05) is 29.5 Å². The predicted molar refractivity (Wildman–Crippen MR) is 115 cm³/mol. The number of anilines is 2. The number of aromatic nitrogens is 1. The normalized spacial score (nSPS) is 17.7. The van der Waals surface area contributed by atoms with Crippen LogP contribution in [0.15, 0.2) is 42.5 Å². The van der Waals surface area contributed by atoms with Crippen molar-refractivity contribution in [2.24, 2.45) is 5.92 Å². The van der Waals surface area contributed by atoms with E-state index in [-0.39, 0.29) is 17.6 Å². The SMILES string of the molecule is Cc1cccc(N2CCN(C(=O)C3CN(c4nc5c(F)cccc5s4)C3)CC2)c1. The average molecular weight is 411 g/mol. The topological polar surface area (TPSA) is 39.7 Å². The first-order chi connectivity index (χ1) is 14.1. The van der Waals surface area contributed by atoms with Gasteiger partial charge in [-0.2, -0.15) is 0 Å². The van der Waals surface area contributed by atoms with E-state index in [4.69, 9.17) is 0 Å². The minimum atomic E-state index is -0.287. The molecule has 1 aromatic heterocycles. The Balaban J connectivity index is 1.17. The Morgan fingerprint density at radius 1 is 1.07 bits per heavy atom. The van der Waals surface area contributed by atoms with Crippen LogP contribution in [0, 0.1) is 18.7 Å². The van der Waals surface area contributed by atoms with Gasteiger partial charge >= 0.3 is 0 Å². The van der Waals surface area contributed by atoms with Crippen molar-refractivity contribution in [2.45, 2.75) is 6.92 Å². The van der Waals surface area contributed by atoms with Crippen molar-refractivity contribution in [3.63, 3.8) is 0 Å². The van der Waals surface area contributed by atoms with Crippen LogP contribution in [-0.2, 0) is 4.79 Å². The summed E-state index contributed by atoms with van der Waals surface area (Å²) in [7, 11) is 0. The van der Waals surface area contributed by atoms with E-state index in [0.717, 1.165) is 36.0 Å². The first-order valence-corrected chi connectivity index (χ1v) is 10.8. The van der Waals surface area contributed by atoms with Gasteiger partial charge in [0.1, 0.15) is 11.3 Å². The molecule has 0 saturated carbocycles. The molecule has 2 aliphatic rings. The lowest BCUT2D eigenvalue weighted by molar-refractivity contribution is -0.136. The number of hydrogen-bond donors (Lipinski definition) is 0. The first kappa shape index (κ1) is 18.4. The lowest BCUT2D eigenvalue weighted by Gasteiger charge is -2.43. The molecule has 5 rings (SSSR count). The van der Waals surface area contributed by atoms with E-state index >= 15 is 0 Å². The van der Waals surface area contributed by atoms with Crippen molar-refractivity contribution < 1.29 is 9.18 Å². The number of rotatable bonds is 3. The summed E-state index contributed by atoms with van der Waals surface area (Å²) in [6.07, 6.45) is 0. The largest absolute Gasteiger partial charge is 0.368 e. The maximum absolute atomic E-state index is 13.9. The molecule has 0 N–H and O–H groups in total. The molecule has 3 heterocycles. The van der Waals surface area contributed by atoms with Gasteiger partial charge in [0, 0.05) is 45.0 Å². The number of carbonyl (C=O) groups is 1. The monoisotopic (exact) mass is 410 g/mol. The lowest BCUT2D eigenvalue weighted by Crippen LogP contribution is -2.58. The number of thiazole rings is 1. The fraction of sp³-hybridized carbons (Fsp3) is 0.364. The summed E-state index contributed by atoms with van der Waals surface area (Å²) in [6, 6.07) is 13.5. The third kappa shape index (κ3) is 3.44. The summed E-state index contributed by atoms with van der Waals surface area (Å²) in [5, 5.41) is 0.804. The molecule has 2 fully saturated rings. The highest BCUT2D eigenvalue weighted by molar-refractivity contribution is 7.22. The van der Waals surface area contributed by atoms with Gasteiger partial charge in [-0.25, -0.2) is 9.37 Å². The molecular formula is C22H23FN4OS. The first-order valence-electron chi connectivity index (χ1n) is 9.99. The zero-order valence-electron chi connectivity index (χ0n) is 16.3. The number of nitrogens with zero attached hydrogens (tertiary/aromatic N) is 4. The second-order valence-corrected chi connectivity index (χ2v) is 8.85. The van der Waals surface area contributed by atoms with E-state index in [0.29, 0.717) is 18.6 Å². The van der Waals surface area contributed by atoms with Crippen molar-refractivity contribution in [1.29, 1.82) is 0 Å². The number of para-hydroxylation sites is 1. The van der Waals surface area contributed by atoms with Crippen LogP contribution < -0.4 is 9.80 Å². The highest BCUT2D eigenvalue weighted by Gasteiger charge is 2.37. The minimum absolute atomic E-state index is 0.0115. The van der Waals surface area contributed by atoms with Crippen LogP contribution in [0.1, 0.15) is 5.56 Å². The van der Waals surface area contributed by atoms with E-state index in [1.807, 2.05) is 11.0 Å². The molecule has 0 aliphatic carbocycles. The van der Waals surface area contributed by atoms with E-state index in [1.165, 1.54) is 28.7 Å². The molecule has 2 aliphatic heterocycles. The summed E-state index contributed by atoms with van der Waals surface area (Å²) in [5.74, 6) is -0.0422. The minimum Gasteiger partial charge on any atom is -0.368 e. The summed E-state index contributed by atoms with van der Waals surface area (Å²) in [5.41, 5.74) is 2.91. The second kappa shape index (κ2) is 7.30. The third-order valence-electron chi connectivity index (χ3n) is 5.82. The maximum atomic E-state index is 13.9. The predicted octanol–water partition coefficient (Wildman–Crippen LogP) is 3.53. The number of hydrogen-bond acceptors (Lipinski definition) is 5. The fourth-order valence-electron chi connectivity index (χ4n) is 4.10. The Kier molecular flexibility index (Phi) is 4.62. The molecule has 0 atom stereocenters. The molecule has 7 heteroatoms. The van der Waals surface area contributed by atoms with Crippen LogP contribution in [0.3, 0.4) is 0 Å². The molecule has 150 valence electrons. The van der Waals surface area contributed by atoms with Crippen molar-refractivity contribution >= 4 is 38.3 Å². The van der Waals surface area contributed by atoms with E-state index in [9.17, 15) is 9.18 Å². The highest BCUT2D eigenvalue weighted by Crippen LogP contribution is 2.34. The molecule has 5 nitrogen and oxygen atoms in total. The van der Waals surface area contributed by atoms with Crippen LogP contribution in [-0.4, -0.2) is 55.1 Å². The standard InChI is InChI=1S/C22H23FN4OS/c1-15-4-2-5-17(12-15)25-8-10-26(11-9-25)21(28)16-13-27(14-16)22-24-20-18(23)6-3-7-19(20)29-22/h2-7,12,16H,8-11,13-14H2,1H3. The van der Waals surface area contributed by atoms with Crippen molar-refractivity contribution in [3.8, 4) is 0 Å². The van der Waals surface area contributed by atoms with Crippen molar-refractivity contribution in [1.82, 2.24) is 9.88 Å². The quantitative estimate of drug-likeness (QED) is 0.662. The molecule has 0 unspecified atom stereocenters. The van der Waals surface area contributed by atoms with Crippen LogP contribution in [0.4, 0.5) is 15.2 Å². The number of benzene rings is 2. The van der Waals surface area contributed by atoms with E-state index in [2.05, 4.69) is 46.0 Å². The van der Waals surface area contributed by atoms with Gasteiger partial charge in [0.2, 0.25) is 5.91 Å². The Morgan fingerprint density at radius 2 is 1.83 bits per heavy atom. The van der Waals surface area contributed by atoms with E-state index in [1.54, 1.807) is 6.07 Å². The fourth-order valence-corrected chi connectivity index (χ4v) is 5.10. The molecule has 0 bridgehead atoms. The van der Waals surface area contributed by atoms with Gasteiger partial charge in [0.25, 0.3) is 0 Å². The molecule has 1 amide bonds. The maximum Gasteiger partial charge on any atom is 0.229 e. The van der Waals surface area contributed by atoms with Gasteiger partial charge in [-0.3, -0.25) is 4.79 Å². The van der Waals surface area contributed by atoms with Crippen LogP contribution in [0.2, 0.25) is 0 Å². The molecule has 3 aromatic rings. The summed E-state index contributed by atoms with van der Waals surface area (Å²) < 4.78 is 14.7. The van der Waals surface area contributed by atoms with Gasteiger partial charge < -0.3 is 14.7 Å². The van der Waals surface area contributed by atoms with Crippen molar-refractivity contribution in [2.75, 3.05) is 49.1 Å². The molecule has 2 saturated heterocycles. The smallest absolute Gasteiger partial charge is 0.229 e. The Morgan fingerprint density at radius 3 is 2.55 bits per heavy atom. The zero-order chi connectivity index (χ0) is 20.0. The zero-order valence-corrected chi connectivity index (χ0v) is 17.2. The lowest BCUT2D eigenvalue weighted by atomic mass is 9.99.